The highest BCUT2D eigenvalue weighted by molar-refractivity contribution is 7.87. The summed E-state index contributed by atoms with van der Waals surface area (Å²) in [7, 11) is -4.12. The topological polar surface area (TPSA) is 82.1 Å². The summed E-state index contributed by atoms with van der Waals surface area (Å²) >= 11 is 0. The molecule has 0 spiro atoms. The zero-order valence-corrected chi connectivity index (χ0v) is 13.8. The lowest BCUT2D eigenvalue weighted by atomic mass is 10.1. The molecule has 0 atom stereocenters. The fraction of sp³-hybridized carbons (Fsp3) is 1.00. The van der Waals surface area contributed by atoms with Crippen LogP contribution >= 0.6 is 0 Å². The zero-order valence-electron chi connectivity index (χ0n) is 11.9. The predicted molar refractivity (Wildman–Crippen MR) is 60.6 cm³/mol. The molecule has 0 aliphatic carbocycles. The molecule has 0 heterocycles. The van der Waals surface area contributed by atoms with Gasteiger partial charge in [0, 0.05) is 21.3 Å². The van der Waals surface area contributed by atoms with E-state index in [1.54, 1.807) is 21.3 Å². The first-order chi connectivity index (χ1) is 10.3. The van der Waals surface area contributed by atoms with E-state index in [0.717, 1.165) is 0 Å². The molecule has 0 aromatic heterocycles. The molecule has 0 aromatic carbocycles. The minimum atomic E-state index is -7.37. The van der Waals surface area contributed by atoms with E-state index in [-0.39, 0.29) is 0 Å². The van der Waals surface area contributed by atoms with E-state index in [2.05, 4.69) is 0 Å². The molecule has 6 nitrogen and oxygen atoms in total. The zero-order chi connectivity index (χ0) is 20.2. The molecule has 1 N–H and O–H groups in total. The lowest BCUT2D eigenvalue weighted by Crippen LogP contribution is -2.63. The van der Waals surface area contributed by atoms with Gasteiger partial charge in [-0.05, 0) is 0 Å². The Bertz CT molecular complexity index is 484. The van der Waals surface area contributed by atoms with Gasteiger partial charge in [-0.25, -0.2) is 0 Å². The van der Waals surface area contributed by atoms with Crippen LogP contribution in [0, 0.1) is 0 Å². The normalized spacial score (nSPS) is 14.4. The summed E-state index contributed by atoms with van der Waals surface area (Å²) in [6, 6.07) is 0. The van der Waals surface area contributed by atoms with Crippen LogP contribution in [0.1, 0.15) is 0 Å². The Morgan fingerprint density at radius 1 is 0.750 bits per heavy atom. The molecule has 0 rings (SSSR count). The van der Waals surface area contributed by atoms with Crippen molar-refractivity contribution < 1.29 is 65.8 Å². The summed E-state index contributed by atoms with van der Waals surface area (Å²) in [5.74, 6) is -14.7. The van der Waals surface area contributed by atoms with Crippen LogP contribution < -0.4 is 0 Å². The van der Waals surface area contributed by atoms with Crippen molar-refractivity contribution in [2.75, 3.05) is 21.3 Å². The van der Waals surface area contributed by atoms with Crippen molar-refractivity contribution in [1.29, 1.82) is 0 Å². The van der Waals surface area contributed by atoms with E-state index < -0.39 is 42.9 Å². The molecule has 0 saturated heterocycles. The van der Waals surface area contributed by atoms with E-state index in [4.69, 9.17) is 17.8 Å². The van der Waals surface area contributed by atoms with E-state index in [9.17, 15) is 47.9 Å². The molecule has 0 aromatic rings. The first-order valence-electron chi connectivity index (χ1n) is 5.10. The second-order valence-electron chi connectivity index (χ2n) is 3.63. The molecule has 17 heteroatoms. The molecule has 0 radical (unpaired) electrons. The lowest BCUT2D eigenvalue weighted by molar-refractivity contribution is -0.382. The van der Waals surface area contributed by atoms with Crippen LogP contribution in [0.4, 0.5) is 39.5 Å². The van der Waals surface area contributed by atoms with Gasteiger partial charge in [0.15, 0.2) is 0 Å². The molecule has 0 unspecified atom stereocenters. The van der Waals surface area contributed by atoms with Crippen molar-refractivity contribution in [2.24, 2.45) is 0 Å². The summed E-state index contributed by atoms with van der Waals surface area (Å²) in [5.41, 5.74) is 0. The van der Waals surface area contributed by atoms with Gasteiger partial charge in [0.05, 0.1) is 0 Å². The Morgan fingerprint density at radius 3 is 1.17 bits per heavy atom. The monoisotopic (exact) mass is 422 g/mol. The van der Waals surface area contributed by atoms with Crippen LogP contribution in [0.25, 0.3) is 0 Å². The average Bonchev–Trinajstić information content (AvgIpc) is 2.38. The van der Waals surface area contributed by atoms with Gasteiger partial charge in [-0.15, -0.1) is 0 Å². The van der Waals surface area contributed by atoms with E-state index in [1.807, 2.05) is 0 Å². The minimum Gasteiger partial charge on any atom is -0.379 e. The van der Waals surface area contributed by atoms with E-state index in [1.165, 1.54) is 0 Å². The largest absolute Gasteiger partial charge is 0.483 e. The van der Waals surface area contributed by atoms with Crippen LogP contribution in [0.2, 0.25) is 0 Å². The number of rotatable bonds is 6. The Hall–Kier alpha value is -0.623. The molecular weight excluding hydrogens is 411 g/mol. The predicted octanol–water partition coefficient (Wildman–Crippen LogP) is 1.94. The van der Waals surface area contributed by atoms with Crippen molar-refractivity contribution in [3.05, 3.63) is 0 Å². The third-order valence-electron chi connectivity index (χ3n) is 2.02. The van der Waals surface area contributed by atoms with Gasteiger partial charge in [-0.2, -0.15) is 47.9 Å². The third kappa shape index (κ3) is 5.18. The Morgan fingerprint density at radius 2 is 1.04 bits per heavy atom. The van der Waals surface area contributed by atoms with Crippen molar-refractivity contribution in [3.63, 3.8) is 0 Å². The van der Waals surface area contributed by atoms with Gasteiger partial charge in [0.25, 0.3) is 0 Å². The molecule has 0 fully saturated rings. The Kier molecular flexibility index (Phi) is 8.72. The average molecular weight is 422 g/mol. The Labute approximate surface area is 131 Å². The van der Waals surface area contributed by atoms with E-state index in [0.29, 0.717) is 0 Å². The number of hydrogen-bond acceptors (Lipinski definition) is 5. The number of hydrogen-bond donors (Lipinski definition) is 1. The van der Waals surface area contributed by atoms with Crippen LogP contribution in [-0.4, -0.2) is 67.1 Å². The highest BCUT2D eigenvalue weighted by Gasteiger charge is 2.85. The van der Waals surface area contributed by atoms with Gasteiger partial charge < -0.3 is 13.3 Å². The quantitative estimate of drug-likeness (QED) is 0.400. The molecule has 148 valence electrons. The summed E-state index contributed by atoms with van der Waals surface area (Å²) in [5, 5.41) is -7.00. The lowest BCUT2D eigenvalue weighted by Gasteiger charge is -2.31. The van der Waals surface area contributed by atoms with Gasteiger partial charge in [0.1, 0.15) is 0 Å². The van der Waals surface area contributed by atoms with Crippen LogP contribution in [0.5, 0.6) is 0 Å². The number of alkyl halides is 9. The number of halogens is 9. The van der Waals surface area contributed by atoms with E-state index >= 15 is 0 Å². The maximum Gasteiger partial charge on any atom is 0.483 e. The van der Waals surface area contributed by atoms with Crippen molar-refractivity contribution in [3.8, 4) is 0 Å². The van der Waals surface area contributed by atoms with Gasteiger partial charge in [-0.3, -0.25) is 4.55 Å². The first-order valence-corrected chi connectivity index (χ1v) is 7.96. The maximum absolute atomic E-state index is 12.2. The maximum atomic E-state index is 12.2. The summed E-state index contributed by atoms with van der Waals surface area (Å²) < 4.78 is 148. The van der Waals surface area contributed by atoms with Crippen LogP contribution in [0.3, 0.4) is 0 Å². The highest BCUT2D eigenvalue weighted by atomic mass is 32.2. The van der Waals surface area contributed by atoms with Gasteiger partial charge in [0.2, 0.25) is 0 Å². The summed E-state index contributed by atoms with van der Waals surface area (Å²) in [6.07, 6.45) is -7.13. The van der Waals surface area contributed by atoms with Crippen LogP contribution in [0.15, 0.2) is 0 Å². The van der Waals surface area contributed by atoms with Gasteiger partial charge in [-0.1, -0.05) is 0 Å². The first kappa shape index (κ1) is 25.6. The van der Waals surface area contributed by atoms with Crippen LogP contribution in [-0.2, 0) is 23.4 Å². The molecule has 0 bridgehead atoms. The third-order valence-corrected chi connectivity index (χ3v) is 4.08. The standard InChI is InChI=1S/C4HF9O3S.C3H10O3Si/c5-1(6,3(9,10)11)2(7,8)4(12,13)17(14,15)16;1-4-7(5-2)6-3/h(H,14,15,16);7H,1-3H3. The highest BCUT2D eigenvalue weighted by Crippen LogP contribution is 2.54. The minimum absolute atomic E-state index is 1.57. The fourth-order valence-corrected chi connectivity index (χ4v) is 1.84. The molecular formula is C7H11F9O6SSi. The molecule has 24 heavy (non-hydrogen) atoms. The van der Waals surface area contributed by atoms with Crippen molar-refractivity contribution in [1.82, 2.24) is 0 Å². The van der Waals surface area contributed by atoms with Crippen molar-refractivity contribution in [2.45, 2.75) is 23.3 Å². The smallest absolute Gasteiger partial charge is 0.379 e. The molecule has 0 aliphatic rings. The van der Waals surface area contributed by atoms with Crippen molar-refractivity contribution >= 4 is 19.6 Å². The second kappa shape index (κ2) is 8.17. The summed E-state index contributed by atoms with van der Waals surface area (Å²) in [4.78, 5) is 0. The summed E-state index contributed by atoms with van der Waals surface area (Å²) in [6.45, 7) is 0. The molecule has 0 aliphatic heterocycles. The molecule has 0 amide bonds. The molecule has 0 saturated carbocycles. The Balaban J connectivity index is 0. The second-order valence-corrected chi connectivity index (χ2v) is 7.09. The SMILES string of the molecule is CO[SiH](OC)OC.O=S(=O)(O)C(F)(F)C(F)(F)C(F)(F)C(F)(F)F. The van der Waals surface area contributed by atoms with Gasteiger partial charge >= 0.3 is 42.9 Å². The fourth-order valence-electron chi connectivity index (χ4n) is 0.811.